The first-order valence-electron chi connectivity index (χ1n) is 9.30. The molecular formula is C19H20FN5O4S. The summed E-state index contributed by atoms with van der Waals surface area (Å²) in [6.07, 6.45) is 2.67. The number of rotatable bonds is 5. The second kappa shape index (κ2) is 8.09. The maximum Gasteiger partial charge on any atom is 0.343 e. The third-order valence-corrected chi connectivity index (χ3v) is 5.72. The van der Waals surface area contributed by atoms with E-state index in [-0.39, 0.29) is 41.2 Å². The summed E-state index contributed by atoms with van der Waals surface area (Å²) in [7, 11) is 1.55. The second-order valence-electron chi connectivity index (χ2n) is 6.79. The molecule has 3 aromatic heterocycles. The zero-order valence-corrected chi connectivity index (χ0v) is 17.2. The van der Waals surface area contributed by atoms with E-state index in [0.717, 1.165) is 6.07 Å². The quantitative estimate of drug-likeness (QED) is 0.600. The molecule has 1 fully saturated rings. The number of halogens is 1. The van der Waals surface area contributed by atoms with Crippen LogP contribution in [0.5, 0.6) is 0 Å². The molecule has 0 spiro atoms. The normalized spacial score (nSPS) is 18.9. The minimum atomic E-state index is -0.785. The van der Waals surface area contributed by atoms with Crippen LogP contribution in [-0.4, -0.2) is 59.5 Å². The van der Waals surface area contributed by atoms with E-state index in [1.807, 2.05) is 0 Å². The highest BCUT2D eigenvalue weighted by atomic mass is 32.1. The van der Waals surface area contributed by atoms with Crippen molar-refractivity contribution in [2.45, 2.75) is 19.1 Å². The number of ether oxygens (including phenoxy) is 2. The van der Waals surface area contributed by atoms with Crippen molar-refractivity contribution in [3.8, 4) is 5.13 Å². The van der Waals surface area contributed by atoms with Crippen LogP contribution >= 0.6 is 11.3 Å². The van der Waals surface area contributed by atoms with Gasteiger partial charge in [-0.05, 0) is 13.0 Å². The molecule has 0 radical (unpaired) electrons. The highest BCUT2D eigenvalue weighted by Crippen LogP contribution is 2.27. The number of carbonyl (C=O) groups is 1. The van der Waals surface area contributed by atoms with Gasteiger partial charge in [0.15, 0.2) is 22.4 Å². The molecule has 2 atom stereocenters. The van der Waals surface area contributed by atoms with Gasteiger partial charge in [-0.2, -0.15) is 0 Å². The summed E-state index contributed by atoms with van der Waals surface area (Å²) in [4.78, 5) is 35.6. The molecule has 0 aromatic carbocycles. The summed E-state index contributed by atoms with van der Waals surface area (Å²) in [6.45, 7) is 2.47. The SMILES string of the molecule is CCOC(=O)c1cn(-c2nccs2)c2nc(N3C[C@H](OC)[C@@H](N)C3)c(F)cc2c1=O. The minimum absolute atomic E-state index is 0.0382. The van der Waals surface area contributed by atoms with Gasteiger partial charge in [-0.25, -0.2) is 19.2 Å². The molecule has 4 heterocycles. The van der Waals surface area contributed by atoms with Crippen molar-refractivity contribution in [1.82, 2.24) is 14.5 Å². The van der Waals surface area contributed by atoms with Crippen LogP contribution in [0.4, 0.5) is 10.2 Å². The third-order valence-electron chi connectivity index (χ3n) is 4.95. The lowest BCUT2D eigenvalue weighted by atomic mass is 10.2. The second-order valence-corrected chi connectivity index (χ2v) is 7.66. The lowest BCUT2D eigenvalue weighted by Crippen LogP contribution is -2.34. The molecule has 1 saturated heterocycles. The van der Waals surface area contributed by atoms with Crippen LogP contribution in [0.25, 0.3) is 16.2 Å². The van der Waals surface area contributed by atoms with Crippen LogP contribution in [0, 0.1) is 5.82 Å². The molecule has 0 saturated carbocycles. The number of aromatic nitrogens is 3. The standard InChI is InChI=1S/C19H20FN5O4S/c1-3-29-18(27)11-7-25(19-22-4-5-30-19)16-10(15(11)26)6-12(20)17(23-16)24-8-13(21)14(9-24)28-2/h4-7,13-14H,3,8-9,21H2,1-2H3/t13-,14-/m0/s1. The van der Waals surface area contributed by atoms with E-state index >= 15 is 4.39 Å². The number of nitrogens with zero attached hydrogens (tertiary/aromatic N) is 4. The van der Waals surface area contributed by atoms with Gasteiger partial charge in [-0.3, -0.25) is 9.36 Å². The Kier molecular flexibility index (Phi) is 5.50. The fourth-order valence-electron chi connectivity index (χ4n) is 3.49. The lowest BCUT2D eigenvalue weighted by Gasteiger charge is -2.19. The number of thiazole rings is 1. The summed E-state index contributed by atoms with van der Waals surface area (Å²) < 4.78 is 26.8. The summed E-state index contributed by atoms with van der Waals surface area (Å²) in [5.41, 5.74) is 5.39. The number of fused-ring (bicyclic) bond motifs is 1. The van der Waals surface area contributed by atoms with Crippen molar-refractivity contribution in [3.05, 3.63) is 45.4 Å². The van der Waals surface area contributed by atoms with Crippen molar-refractivity contribution >= 4 is 34.2 Å². The van der Waals surface area contributed by atoms with Crippen molar-refractivity contribution in [2.75, 3.05) is 31.7 Å². The number of esters is 1. The molecule has 2 N–H and O–H groups in total. The van der Waals surface area contributed by atoms with Crippen LogP contribution in [0.15, 0.2) is 28.6 Å². The van der Waals surface area contributed by atoms with E-state index < -0.39 is 17.2 Å². The third kappa shape index (κ3) is 3.44. The van der Waals surface area contributed by atoms with Crippen molar-refractivity contribution in [1.29, 1.82) is 0 Å². The van der Waals surface area contributed by atoms with E-state index in [1.165, 1.54) is 22.1 Å². The van der Waals surface area contributed by atoms with Gasteiger partial charge in [0.25, 0.3) is 0 Å². The molecule has 158 valence electrons. The Morgan fingerprint density at radius 1 is 1.43 bits per heavy atom. The number of carbonyl (C=O) groups excluding carboxylic acids is 1. The average molecular weight is 433 g/mol. The number of anilines is 1. The largest absolute Gasteiger partial charge is 0.462 e. The topological polar surface area (TPSA) is 113 Å². The van der Waals surface area contributed by atoms with Crippen LogP contribution in [0.2, 0.25) is 0 Å². The molecule has 30 heavy (non-hydrogen) atoms. The number of methoxy groups -OCH3 is 1. The molecule has 4 rings (SSSR count). The molecule has 0 aliphatic carbocycles. The highest BCUT2D eigenvalue weighted by molar-refractivity contribution is 7.12. The maximum absolute atomic E-state index is 15.0. The minimum Gasteiger partial charge on any atom is -0.462 e. The summed E-state index contributed by atoms with van der Waals surface area (Å²) in [6, 6.07) is 0.803. The Bertz CT molecular complexity index is 1150. The van der Waals surface area contributed by atoms with E-state index in [4.69, 9.17) is 15.2 Å². The number of pyridine rings is 2. The summed E-state index contributed by atoms with van der Waals surface area (Å²) >= 11 is 1.29. The Labute approximate surface area is 174 Å². The Balaban J connectivity index is 1.93. The van der Waals surface area contributed by atoms with E-state index in [0.29, 0.717) is 18.2 Å². The zero-order valence-electron chi connectivity index (χ0n) is 16.4. The van der Waals surface area contributed by atoms with Crippen LogP contribution in [0.3, 0.4) is 0 Å². The van der Waals surface area contributed by atoms with Gasteiger partial charge >= 0.3 is 5.97 Å². The van der Waals surface area contributed by atoms with Crippen LogP contribution < -0.4 is 16.1 Å². The van der Waals surface area contributed by atoms with Gasteiger partial charge in [0, 0.05) is 38.0 Å². The van der Waals surface area contributed by atoms with Gasteiger partial charge < -0.3 is 20.1 Å². The van der Waals surface area contributed by atoms with E-state index in [9.17, 15) is 9.59 Å². The molecular weight excluding hydrogens is 413 g/mol. The number of hydrogen-bond acceptors (Lipinski definition) is 9. The van der Waals surface area contributed by atoms with Crippen molar-refractivity contribution < 1.29 is 18.7 Å². The molecule has 1 aliphatic heterocycles. The molecule has 9 nitrogen and oxygen atoms in total. The molecule has 11 heteroatoms. The van der Waals surface area contributed by atoms with Crippen molar-refractivity contribution in [3.63, 3.8) is 0 Å². The van der Waals surface area contributed by atoms with Gasteiger partial charge in [0.05, 0.1) is 24.1 Å². The van der Waals surface area contributed by atoms with Gasteiger partial charge in [0.2, 0.25) is 5.43 Å². The predicted octanol–water partition coefficient (Wildman–Crippen LogP) is 1.32. The molecule has 0 bridgehead atoms. The predicted molar refractivity (Wildman–Crippen MR) is 110 cm³/mol. The number of hydrogen-bond donors (Lipinski definition) is 1. The van der Waals surface area contributed by atoms with Crippen molar-refractivity contribution in [2.24, 2.45) is 5.73 Å². The fraction of sp³-hybridized carbons (Fsp3) is 0.368. The van der Waals surface area contributed by atoms with Gasteiger partial charge in [-0.15, -0.1) is 11.3 Å². The van der Waals surface area contributed by atoms with Crippen LogP contribution in [-0.2, 0) is 9.47 Å². The monoisotopic (exact) mass is 433 g/mol. The zero-order chi connectivity index (χ0) is 21.4. The van der Waals surface area contributed by atoms with Crippen LogP contribution in [0.1, 0.15) is 17.3 Å². The fourth-order valence-corrected chi connectivity index (χ4v) is 4.11. The number of nitrogens with two attached hydrogens (primary N) is 1. The average Bonchev–Trinajstić information content (AvgIpc) is 3.38. The summed E-state index contributed by atoms with van der Waals surface area (Å²) in [5, 5.41) is 2.18. The smallest absolute Gasteiger partial charge is 0.343 e. The molecule has 3 aromatic rings. The Hall–Kier alpha value is -2.89. The van der Waals surface area contributed by atoms with Gasteiger partial charge in [0.1, 0.15) is 5.56 Å². The van der Waals surface area contributed by atoms with E-state index in [1.54, 1.807) is 30.5 Å². The lowest BCUT2D eigenvalue weighted by molar-refractivity contribution is 0.0524. The summed E-state index contributed by atoms with van der Waals surface area (Å²) in [5.74, 6) is -1.41. The van der Waals surface area contributed by atoms with E-state index in [2.05, 4.69) is 9.97 Å². The van der Waals surface area contributed by atoms with Gasteiger partial charge in [-0.1, -0.05) is 0 Å². The highest BCUT2D eigenvalue weighted by Gasteiger charge is 2.33. The maximum atomic E-state index is 15.0. The molecule has 1 aliphatic rings. The Morgan fingerprint density at radius 3 is 2.87 bits per heavy atom. The molecule has 0 unspecified atom stereocenters. The molecule has 0 amide bonds. The Morgan fingerprint density at radius 2 is 2.23 bits per heavy atom. The first kappa shape index (κ1) is 20.4. The first-order valence-corrected chi connectivity index (χ1v) is 10.2. The first-order chi connectivity index (χ1) is 14.4.